The van der Waals surface area contributed by atoms with E-state index in [0.29, 0.717) is 0 Å². The fourth-order valence-electron chi connectivity index (χ4n) is 2.62. The summed E-state index contributed by atoms with van der Waals surface area (Å²) in [4.78, 5) is 0. The normalized spacial score (nSPS) is 14.4. The van der Waals surface area contributed by atoms with Gasteiger partial charge in [0.15, 0.2) is 0 Å². The van der Waals surface area contributed by atoms with Crippen LogP contribution in [0.2, 0.25) is 0 Å². The van der Waals surface area contributed by atoms with Gasteiger partial charge in [0.05, 0.1) is 5.60 Å². The second-order valence-electron chi connectivity index (χ2n) is 6.05. The van der Waals surface area contributed by atoms with E-state index >= 15 is 0 Å². The third-order valence-electron chi connectivity index (χ3n) is 3.67. The van der Waals surface area contributed by atoms with Gasteiger partial charge in [-0.25, -0.2) is 0 Å². The van der Waals surface area contributed by atoms with Crippen molar-refractivity contribution in [3.8, 4) is 0 Å². The zero-order valence-corrected chi connectivity index (χ0v) is 13.1. The van der Waals surface area contributed by atoms with Crippen LogP contribution in [0.25, 0.3) is 0 Å². The Kier molecular flexibility index (Phi) is 6.02. The largest absolute Gasteiger partial charge is 0.390 e. The van der Waals surface area contributed by atoms with Gasteiger partial charge in [-0.1, -0.05) is 24.6 Å². The highest BCUT2D eigenvalue weighted by atomic mass is 16.3. The smallest absolute Gasteiger partial charge is 0.0672 e. The Balaban J connectivity index is 2.67. The lowest BCUT2D eigenvalue weighted by atomic mass is 9.87. The molecule has 0 saturated heterocycles. The Morgan fingerprint density at radius 3 is 2.21 bits per heavy atom. The molecule has 2 nitrogen and oxygen atoms in total. The molecule has 108 valence electrons. The van der Waals surface area contributed by atoms with Crippen molar-refractivity contribution in [1.82, 2.24) is 5.32 Å². The summed E-state index contributed by atoms with van der Waals surface area (Å²) < 4.78 is 0. The maximum atomic E-state index is 10.5. The molecule has 1 aromatic carbocycles. The highest BCUT2D eigenvalue weighted by Gasteiger charge is 2.22. The Labute approximate surface area is 118 Å². The molecule has 1 unspecified atom stereocenters. The van der Waals surface area contributed by atoms with Crippen LogP contribution in [-0.4, -0.2) is 23.8 Å². The van der Waals surface area contributed by atoms with E-state index in [9.17, 15) is 5.11 Å². The summed E-state index contributed by atoms with van der Waals surface area (Å²) in [5.41, 5.74) is 4.54. The second kappa shape index (κ2) is 7.06. The monoisotopic (exact) mass is 263 g/mol. The molecule has 0 aliphatic rings. The zero-order valence-electron chi connectivity index (χ0n) is 13.1. The average molecular weight is 263 g/mol. The summed E-state index contributed by atoms with van der Waals surface area (Å²) in [6.45, 7) is 12.4. The lowest BCUT2D eigenvalue weighted by Crippen LogP contribution is -2.33. The molecule has 0 aliphatic heterocycles. The Morgan fingerprint density at radius 2 is 1.68 bits per heavy atom. The number of aliphatic hydroxyl groups is 1. The Morgan fingerprint density at radius 1 is 1.11 bits per heavy atom. The van der Waals surface area contributed by atoms with E-state index < -0.39 is 5.60 Å². The maximum absolute atomic E-state index is 10.5. The lowest BCUT2D eigenvalue weighted by Gasteiger charge is -2.26. The third-order valence-corrected chi connectivity index (χ3v) is 3.67. The molecular weight excluding hydrogens is 234 g/mol. The van der Waals surface area contributed by atoms with Crippen molar-refractivity contribution >= 4 is 0 Å². The third kappa shape index (κ3) is 5.33. The maximum Gasteiger partial charge on any atom is 0.0672 e. The molecule has 1 aromatic rings. The van der Waals surface area contributed by atoms with Gasteiger partial charge in [-0.3, -0.25) is 0 Å². The van der Waals surface area contributed by atoms with Crippen LogP contribution < -0.4 is 5.32 Å². The molecule has 2 heteroatoms. The van der Waals surface area contributed by atoms with E-state index in [2.05, 4.69) is 45.1 Å². The Bertz CT molecular complexity index is 387. The van der Waals surface area contributed by atoms with Gasteiger partial charge in [-0.2, -0.15) is 0 Å². The van der Waals surface area contributed by atoms with Gasteiger partial charge >= 0.3 is 0 Å². The molecular formula is C17H29NO. The van der Waals surface area contributed by atoms with E-state index in [1.54, 1.807) is 0 Å². The van der Waals surface area contributed by atoms with E-state index in [0.717, 1.165) is 32.4 Å². The first-order valence-electron chi connectivity index (χ1n) is 7.35. The molecule has 0 radical (unpaired) electrons. The van der Waals surface area contributed by atoms with Crippen LogP contribution in [0, 0.1) is 20.8 Å². The molecule has 1 rings (SSSR count). The number of benzene rings is 1. The number of aryl methyl sites for hydroxylation is 3. The number of hydrogen-bond donors (Lipinski definition) is 2. The van der Waals surface area contributed by atoms with Crippen LogP contribution in [0.5, 0.6) is 0 Å². The van der Waals surface area contributed by atoms with Crippen LogP contribution in [0.3, 0.4) is 0 Å². The molecule has 0 aromatic heterocycles. The molecule has 0 aliphatic carbocycles. The summed E-state index contributed by atoms with van der Waals surface area (Å²) in [5.74, 6) is 0. The van der Waals surface area contributed by atoms with Crippen molar-refractivity contribution in [1.29, 1.82) is 0 Å². The minimum absolute atomic E-state index is 0.633. The fourth-order valence-corrected chi connectivity index (χ4v) is 2.62. The summed E-state index contributed by atoms with van der Waals surface area (Å²) in [5, 5.41) is 13.9. The number of rotatable bonds is 7. The second-order valence-corrected chi connectivity index (χ2v) is 6.05. The van der Waals surface area contributed by atoms with Gasteiger partial charge in [0, 0.05) is 6.42 Å². The molecule has 0 saturated carbocycles. The van der Waals surface area contributed by atoms with Crippen LogP contribution in [0.4, 0.5) is 0 Å². The van der Waals surface area contributed by atoms with Crippen LogP contribution in [-0.2, 0) is 6.42 Å². The first-order valence-corrected chi connectivity index (χ1v) is 7.35. The van der Waals surface area contributed by atoms with E-state index in [-0.39, 0.29) is 0 Å². The van der Waals surface area contributed by atoms with Crippen molar-refractivity contribution < 1.29 is 5.11 Å². The summed E-state index contributed by atoms with van der Waals surface area (Å²) in [6, 6.07) is 4.40. The molecule has 2 N–H and O–H groups in total. The van der Waals surface area contributed by atoms with Gasteiger partial charge < -0.3 is 10.4 Å². The lowest BCUT2D eigenvalue weighted by molar-refractivity contribution is 0.0513. The van der Waals surface area contributed by atoms with Gasteiger partial charge in [0.25, 0.3) is 0 Å². The SMILES string of the molecule is CCCNCCC(C)(O)Cc1c(C)cc(C)cc1C. The van der Waals surface area contributed by atoms with Crippen molar-refractivity contribution in [2.45, 2.75) is 59.5 Å². The van der Waals surface area contributed by atoms with Gasteiger partial charge in [0.1, 0.15) is 0 Å². The summed E-state index contributed by atoms with van der Waals surface area (Å²) in [6.07, 6.45) is 2.66. The molecule has 19 heavy (non-hydrogen) atoms. The van der Waals surface area contributed by atoms with Crippen molar-refractivity contribution in [3.05, 3.63) is 34.4 Å². The van der Waals surface area contributed by atoms with Crippen LogP contribution in [0.1, 0.15) is 48.9 Å². The summed E-state index contributed by atoms with van der Waals surface area (Å²) in [7, 11) is 0. The van der Waals surface area contributed by atoms with E-state index in [1.807, 2.05) is 6.92 Å². The molecule has 0 heterocycles. The molecule has 1 atom stereocenters. The minimum Gasteiger partial charge on any atom is -0.390 e. The van der Waals surface area contributed by atoms with Gasteiger partial charge in [-0.15, -0.1) is 0 Å². The predicted octanol–water partition coefficient (Wildman–Crippen LogP) is 3.30. The quantitative estimate of drug-likeness (QED) is 0.740. The van der Waals surface area contributed by atoms with E-state index in [1.165, 1.54) is 22.3 Å². The average Bonchev–Trinajstić information content (AvgIpc) is 2.29. The van der Waals surface area contributed by atoms with Crippen molar-refractivity contribution in [2.75, 3.05) is 13.1 Å². The van der Waals surface area contributed by atoms with E-state index in [4.69, 9.17) is 0 Å². The fraction of sp³-hybridized carbons (Fsp3) is 0.647. The standard InChI is InChI=1S/C17H29NO/c1-6-8-18-9-7-17(5,19)12-16-14(3)10-13(2)11-15(16)4/h10-11,18-19H,6-9,12H2,1-5H3. The first-order chi connectivity index (χ1) is 8.85. The first kappa shape index (κ1) is 16.2. The molecule has 0 spiro atoms. The molecule has 0 fully saturated rings. The highest BCUT2D eigenvalue weighted by molar-refractivity contribution is 5.38. The number of nitrogens with one attached hydrogen (secondary N) is 1. The van der Waals surface area contributed by atoms with Crippen LogP contribution >= 0.6 is 0 Å². The topological polar surface area (TPSA) is 32.3 Å². The van der Waals surface area contributed by atoms with Gasteiger partial charge in [-0.05, 0) is 70.3 Å². The number of hydrogen-bond acceptors (Lipinski definition) is 2. The van der Waals surface area contributed by atoms with Gasteiger partial charge in [0.2, 0.25) is 0 Å². The van der Waals surface area contributed by atoms with Crippen molar-refractivity contribution in [2.24, 2.45) is 0 Å². The van der Waals surface area contributed by atoms with Crippen molar-refractivity contribution in [3.63, 3.8) is 0 Å². The Hall–Kier alpha value is -0.860. The minimum atomic E-state index is -0.633. The molecule has 0 bridgehead atoms. The highest BCUT2D eigenvalue weighted by Crippen LogP contribution is 2.23. The summed E-state index contributed by atoms with van der Waals surface area (Å²) >= 11 is 0. The predicted molar refractivity (Wildman–Crippen MR) is 82.8 cm³/mol. The molecule has 0 amide bonds. The van der Waals surface area contributed by atoms with Crippen LogP contribution in [0.15, 0.2) is 12.1 Å². The zero-order chi connectivity index (χ0) is 14.5.